The standard InChI is InChI=1S/C18H31N3O2S/c1-15-13-24-17(19-15)11-20-6-4-18(5-7-20)10-16(12-23-3)21(14-18)8-9-22-2/h13,16H,4-12,14H2,1-3H3. The SMILES string of the molecule is COCCN1CC2(CCN(Cc3nc(C)cs3)CC2)CC1COC. The Morgan fingerprint density at radius 2 is 2.08 bits per heavy atom. The predicted octanol–water partition coefficient (Wildman–Crippen LogP) is 2.40. The van der Waals surface area contributed by atoms with E-state index < -0.39 is 0 Å². The molecule has 0 radical (unpaired) electrons. The highest BCUT2D eigenvalue weighted by Gasteiger charge is 2.45. The van der Waals surface area contributed by atoms with E-state index in [1.165, 1.54) is 43.9 Å². The molecule has 1 aromatic heterocycles. The lowest BCUT2D eigenvalue weighted by atomic mass is 9.76. The Balaban J connectivity index is 1.54. The molecule has 1 atom stereocenters. The highest BCUT2D eigenvalue weighted by molar-refractivity contribution is 7.09. The molecular weight excluding hydrogens is 322 g/mol. The number of rotatable bonds is 7. The van der Waals surface area contributed by atoms with Crippen LogP contribution in [0, 0.1) is 12.3 Å². The molecule has 0 aromatic carbocycles. The van der Waals surface area contributed by atoms with Crippen LogP contribution in [-0.4, -0.2) is 74.4 Å². The molecule has 2 aliphatic heterocycles. The second-order valence-electron chi connectivity index (χ2n) is 7.44. The number of aryl methyl sites for hydroxylation is 1. The van der Waals surface area contributed by atoms with Crippen molar-refractivity contribution in [3.63, 3.8) is 0 Å². The van der Waals surface area contributed by atoms with Crippen molar-refractivity contribution in [1.82, 2.24) is 14.8 Å². The maximum Gasteiger partial charge on any atom is 0.107 e. The summed E-state index contributed by atoms with van der Waals surface area (Å²) in [6, 6.07) is 0.554. The van der Waals surface area contributed by atoms with Crippen LogP contribution in [0.4, 0.5) is 0 Å². The van der Waals surface area contributed by atoms with Crippen molar-refractivity contribution >= 4 is 11.3 Å². The average Bonchev–Trinajstić information content (AvgIpc) is 3.12. The Kier molecular flexibility index (Phi) is 6.27. The van der Waals surface area contributed by atoms with Crippen LogP contribution >= 0.6 is 11.3 Å². The molecule has 1 spiro atoms. The van der Waals surface area contributed by atoms with Crippen LogP contribution in [0.25, 0.3) is 0 Å². The summed E-state index contributed by atoms with van der Waals surface area (Å²) < 4.78 is 10.8. The third-order valence-electron chi connectivity index (χ3n) is 5.61. The van der Waals surface area contributed by atoms with Crippen molar-refractivity contribution < 1.29 is 9.47 Å². The first-order chi connectivity index (χ1) is 11.6. The van der Waals surface area contributed by atoms with Gasteiger partial charge in [-0.25, -0.2) is 4.98 Å². The van der Waals surface area contributed by atoms with Crippen LogP contribution in [0.3, 0.4) is 0 Å². The van der Waals surface area contributed by atoms with Gasteiger partial charge in [0.15, 0.2) is 0 Å². The molecule has 0 amide bonds. The number of methoxy groups -OCH3 is 2. The first-order valence-electron chi connectivity index (χ1n) is 8.99. The van der Waals surface area contributed by atoms with Gasteiger partial charge in [-0.2, -0.15) is 0 Å². The molecule has 2 saturated heterocycles. The molecule has 136 valence electrons. The maximum absolute atomic E-state index is 5.47. The summed E-state index contributed by atoms with van der Waals surface area (Å²) in [6.07, 6.45) is 3.86. The summed E-state index contributed by atoms with van der Waals surface area (Å²) in [5, 5.41) is 3.41. The molecule has 3 rings (SSSR count). The number of ether oxygens (including phenoxy) is 2. The fourth-order valence-electron chi connectivity index (χ4n) is 4.29. The van der Waals surface area contributed by atoms with Gasteiger partial charge in [-0.1, -0.05) is 0 Å². The topological polar surface area (TPSA) is 37.8 Å². The first kappa shape index (κ1) is 18.3. The zero-order valence-electron chi connectivity index (χ0n) is 15.3. The summed E-state index contributed by atoms with van der Waals surface area (Å²) in [6.45, 7) is 9.35. The molecule has 5 nitrogen and oxygen atoms in total. The summed E-state index contributed by atoms with van der Waals surface area (Å²) in [7, 11) is 3.61. The summed E-state index contributed by atoms with van der Waals surface area (Å²) in [5.41, 5.74) is 1.63. The normalized spacial score (nSPS) is 24.9. The summed E-state index contributed by atoms with van der Waals surface area (Å²) in [4.78, 5) is 9.78. The number of thiazole rings is 1. The molecule has 6 heteroatoms. The van der Waals surface area contributed by atoms with Gasteiger partial charge in [0.05, 0.1) is 19.8 Å². The Morgan fingerprint density at radius 3 is 2.71 bits per heavy atom. The van der Waals surface area contributed by atoms with Gasteiger partial charge in [-0.3, -0.25) is 9.80 Å². The Hall–Kier alpha value is -0.530. The van der Waals surface area contributed by atoms with Gasteiger partial charge in [0.1, 0.15) is 5.01 Å². The van der Waals surface area contributed by atoms with Crippen LogP contribution in [0.15, 0.2) is 5.38 Å². The van der Waals surface area contributed by atoms with Crippen molar-refractivity contribution in [2.75, 3.05) is 53.6 Å². The molecule has 0 bridgehead atoms. The van der Waals surface area contributed by atoms with Crippen molar-refractivity contribution in [2.24, 2.45) is 5.41 Å². The zero-order valence-corrected chi connectivity index (χ0v) is 16.1. The minimum Gasteiger partial charge on any atom is -0.383 e. The maximum atomic E-state index is 5.47. The Morgan fingerprint density at radius 1 is 1.29 bits per heavy atom. The number of aromatic nitrogens is 1. The molecule has 1 aromatic rings. The lowest BCUT2D eigenvalue weighted by molar-refractivity contribution is 0.0858. The molecule has 0 aliphatic carbocycles. The quantitative estimate of drug-likeness (QED) is 0.752. The smallest absolute Gasteiger partial charge is 0.107 e. The number of nitrogens with zero attached hydrogens (tertiary/aromatic N) is 3. The largest absolute Gasteiger partial charge is 0.383 e. The van der Waals surface area contributed by atoms with Gasteiger partial charge < -0.3 is 9.47 Å². The highest BCUT2D eigenvalue weighted by atomic mass is 32.1. The Bertz CT molecular complexity index is 514. The van der Waals surface area contributed by atoms with Crippen LogP contribution < -0.4 is 0 Å². The van der Waals surface area contributed by atoms with E-state index in [1.807, 2.05) is 7.11 Å². The zero-order chi connectivity index (χ0) is 17.0. The first-order valence-corrected chi connectivity index (χ1v) is 9.87. The minimum atomic E-state index is 0.478. The van der Waals surface area contributed by atoms with Gasteiger partial charge in [-0.05, 0) is 44.7 Å². The molecule has 2 aliphatic rings. The van der Waals surface area contributed by atoms with Crippen LogP contribution in [0.2, 0.25) is 0 Å². The van der Waals surface area contributed by atoms with Crippen molar-refractivity contribution in [3.8, 4) is 0 Å². The lowest BCUT2D eigenvalue weighted by Gasteiger charge is -2.39. The van der Waals surface area contributed by atoms with Gasteiger partial charge in [0.2, 0.25) is 0 Å². The molecule has 1 unspecified atom stereocenters. The van der Waals surface area contributed by atoms with Crippen LogP contribution in [0.1, 0.15) is 30.0 Å². The van der Waals surface area contributed by atoms with E-state index in [1.54, 1.807) is 18.4 Å². The predicted molar refractivity (Wildman–Crippen MR) is 97.5 cm³/mol. The van der Waals surface area contributed by atoms with Gasteiger partial charge in [0.25, 0.3) is 0 Å². The molecule has 2 fully saturated rings. The van der Waals surface area contributed by atoms with E-state index in [9.17, 15) is 0 Å². The number of likely N-dealkylation sites (tertiary alicyclic amines) is 2. The molecule has 24 heavy (non-hydrogen) atoms. The molecule has 0 N–H and O–H groups in total. The van der Waals surface area contributed by atoms with E-state index in [0.717, 1.165) is 32.0 Å². The fraction of sp³-hybridized carbons (Fsp3) is 0.833. The van der Waals surface area contributed by atoms with Gasteiger partial charge in [-0.15, -0.1) is 11.3 Å². The minimum absolute atomic E-state index is 0.478. The number of piperidine rings is 1. The lowest BCUT2D eigenvalue weighted by Crippen LogP contribution is -2.41. The van der Waals surface area contributed by atoms with E-state index >= 15 is 0 Å². The second kappa shape index (κ2) is 8.23. The molecular formula is C18H31N3O2S. The van der Waals surface area contributed by atoms with Crippen molar-refractivity contribution in [3.05, 3.63) is 16.1 Å². The van der Waals surface area contributed by atoms with Crippen LogP contribution in [-0.2, 0) is 16.0 Å². The summed E-state index contributed by atoms with van der Waals surface area (Å²) in [5.74, 6) is 0. The van der Waals surface area contributed by atoms with E-state index in [0.29, 0.717) is 11.5 Å². The van der Waals surface area contributed by atoms with Gasteiger partial charge >= 0.3 is 0 Å². The monoisotopic (exact) mass is 353 g/mol. The van der Waals surface area contributed by atoms with Crippen molar-refractivity contribution in [2.45, 2.75) is 38.8 Å². The third kappa shape index (κ3) is 4.35. The fourth-order valence-corrected chi connectivity index (χ4v) is 5.11. The average molecular weight is 354 g/mol. The second-order valence-corrected chi connectivity index (χ2v) is 8.38. The molecule has 0 saturated carbocycles. The van der Waals surface area contributed by atoms with E-state index in [-0.39, 0.29) is 0 Å². The molecule has 3 heterocycles. The van der Waals surface area contributed by atoms with E-state index in [4.69, 9.17) is 9.47 Å². The van der Waals surface area contributed by atoms with Crippen LogP contribution in [0.5, 0.6) is 0 Å². The number of hydrogen-bond donors (Lipinski definition) is 0. The van der Waals surface area contributed by atoms with E-state index in [2.05, 4.69) is 27.1 Å². The third-order valence-corrected chi connectivity index (χ3v) is 6.56. The summed E-state index contributed by atoms with van der Waals surface area (Å²) >= 11 is 1.79. The highest BCUT2D eigenvalue weighted by Crippen LogP contribution is 2.43. The van der Waals surface area contributed by atoms with Gasteiger partial charge in [0, 0.05) is 44.4 Å². The van der Waals surface area contributed by atoms with Crippen molar-refractivity contribution in [1.29, 1.82) is 0 Å². The number of hydrogen-bond acceptors (Lipinski definition) is 6. The Labute approximate surface area is 150 Å².